The summed E-state index contributed by atoms with van der Waals surface area (Å²) in [6.07, 6.45) is 0. The molecule has 0 aliphatic heterocycles. The molecular weight excluding hydrogens is 2730 g/mol. The maximum absolute atomic E-state index is 24.1. The van der Waals surface area contributed by atoms with Crippen molar-refractivity contribution < 1.29 is 61.5 Å². The van der Waals surface area contributed by atoms with Crippen LogP contribution in [0.1, 0.15) is 22.3 Å². The van der Waals surface area contributed by atoms with Gasteiger partial charge in [0, 0.05) is 118 Å². The SMILES string of the molecule is FC1=C(F)C(F)(Sc2c(Sc3cccc4cc(Br)ccc34)c(Sc3cccc4c(Br)cccc34)cc3ccc(Br)cc23)C(Sc2c(Cl)c(Cl)c(Cl)c3c(Cl)c(Cl)c(Cl)c(Cl)c23)(SC2(Sc3c(Cl)c(Cl)c(Cl)c4c(Cl)c(Cl)c(Cl)c(Cl)c34)c3c(F)c(F)c(F)c(F)c3C(F)=C(F)C2(F)Sc2c(Sc3cccc4cc(Br)ccc34)c(Sc3cccc4c(Br)cccc34)cc3ccc(Br)cc23)c2c(F)c(F)c(F)c(F)c21. The van der Waals surface area contributed by atoms with E-state index in [0.29, 0.717) is 70.8 Å². The molecule has 2 aliphatic carbocycles. The molecule has 0 saturated carbocycles. The van der Waals surface area contributed by atoms with E-state index in [1.807, 2.05) is 0 Å². The fraction of sp³-hybridized carbons (Fsp3) is 0.0400. The smallest absolute Gasteiger partial charge is 0.221 e. The van der Waals surface area contributed by atoms with Gasteiger partial charge in [0.15, 0.2) is 69.8 Å². The lowest BCUT2D eigenvalue weighted by Crippen LogP contribution is -2.54. The fourth-order valence-corrected chi connectivity index (χ4v) is 37.9. The van der Waals surface area contributed by atoms with Gasteiger partial charge in [0.05, 0.1) is 81.4 Å². The van der Waals surface area contributed by atoms with Crippen LogP contribution in [-0.4, -0.2) is 10.0 Å². The van der Waals surface area contributed by atoms with Crippen LogP contribution in [0.15, 0.2) is 291 Å². The quantitative estimate of drug-likeness (QED) is 0.0354. The lowest BCUT2D eigenvalue weighted by atomic mass is 9.90. The summed E-state index contributed by atoms with van der Waals surface area (Å²) in [5.74, 6) is -36.4. The first-order valence-corrected chi connectivity index (χ1v) is 57.6. The van der Waals surface area contributed by atoms with Gasteiger partial charge in [-0.2, -0.15) is 0 Å². The lowest BCUT2D eigenvalue weighted by Gasteiger charge is -2.54. The van der Waals surface area contributed by atoms with Crippen molar-refractivity contribution in [3.8, 4) is 0 Å². The van der Waals surface area contributed by atoms with Crippen molar-refractivity contribution >= 4 is 462 Å². The second-order valence-corrected chi connectivity index (χ2v) is 53.1. The Morgan fingerprint density at radius 1 is 0.224 bits per heavy atom. The highest BCUT2D eigenvalue weighted by molar-refractivity contribution is 9.11. The molecule has 0 N–H and O–H groups in total. The summed E-state index contributed by atoms with van der Waals surface area (Å²) >= 11 is 123. The van der Waals surface area contributed by atoms with Gasteiger partial charge < -0.3 is 0 Å². The van der Waals surface area contributed by atoms with E-state index in [1.165, 1.54) is 36.4 Å². The van der Waals surface area contributed by atoms with Crippen molar-refractivity contribution in [2.45, 2.75) is 76.9 Å². The summed E-state index contributed by atoms with van der Waals surface area (Å²) in [4.78, 5) is -2.79. The highest BCUT2D eigenvalue weighted by Gasteiger charge is 2.76. The zero-order valence-corrected chi connectivity index (χ0v) is 96.4. The van der Waals surface area contributed by atoms with Crippen molar-refractivity contribution in [3.63, 3.8) is 0 Å². The molecule has 143 heavy (non-hydrogen) atoms. The minimum Gasteiger partial charge on any atom is -0.221 e. The van der Waals surface area contributed by atoms with Gasteiger partial charge in [0.25, 0.3) is 0 Å². The molecule has 724 valence electrons. The first-order chi connectivity index (χ1) is 67.9. The fourth-order valence-electron chi connectivity index (χ4n) is 16.9. The molecule has 4 unspecified atom stereocenters. The third-order valence-electron chi connectivity index (χ3n) is 23.4. The van der Waals surface area contributed by atoms with E-state index in [9.17, 15) is 0 Å². The van der Waals surface area contributed by atoms with E-state index >= 15 is 61.5 Å². The molecule has 2 aliphatic rings. The summed E-state index contributed by atoms with van der Waals surface area (Å²) in [6, 6.07) is 52.8. The Kier molecular flexibility index (Phi) is 30.4. The largest absolute Gasteiger partial charge is 0.243 e. The van der Waals surface area contributed by atoms with E-state index in [2.05, 4.69) is 95.6 Å². The zero-order valence-electron chi connectivity index (χ0n) is 69.0. The van der Waals surface area contributed by atoms with Crippen molar-refractivity contribution in [1.29, 1.82) is 0 Å². The van der Waals surface area contributed by atoms with Gasteiger partial charge >= 0.3 is 0 Å². The molecule has 0 aromatic heterocycles. The predicted molar refractivity (Wildman–Crippen MR) is 597 cm³/mol. The van der Waals surface area contributed by atoms with Gasteiger partial charge in [-0.25, -0.2) is 61.5 Å². The van der Waals surface area contributed by atoms with Gasteiger partial charge in [0.1, 0.15) is 8.16 Å². The highest BCUT2D eigenvalue weighted by Crippen LogP contribution is 2.83. The molecule has 43 heteroatoms. The van der Waals surface area contributed by atoms with Gasteiger partial charge in [-0.05, 0) is 162 Å². The van der Waals surface area contributed by atoms with Crippen LogP contribution in [-0.2, 0) is 8.16 Å². The molecule has 0 spiro atoms. The number of rotatable bonds is 18. The first kappa shape index (κ1) is 107. The number of thioether (sulfide) groups is 5. The van der Waals surface area contributed by atoms with E-state index in [1.54, 1.807) is 158 Å². The van der Waals surface area contributed by atoms with Crippen molar-refractivity contribution in [1.82, 2.24) is 0 Å². The number of hydrogen-bond donors (Lipinski definition) is 0. The number of hydrogen-bond acceptors (Lipinski definition) is 9. The average molecular weight is 2760 g/mol. The van der Waals surface area contributed by atoms with E-state index in [-0.39, 0.29) is 59.9 Å². The first-order valence-electron chi connectivity index (χ1n) is 40.2. The summed E-state index contributed by atoms with van der Waals surface area (Å²) in [6.45, 7) is 0. The summed E-state index contributed by atoms with van der Waals surface area (Å²) in [5.41, 5.74) is -9.94. The topological polar surface area (TPSA) is 0 Å². The molecule has 0 fully saturated rings. The Bertz CT molecular complexity index is 8360. The monoisotopic (exact) mass is 2750 g/mol. The van der Waals surface area contributed by atoms with E-state index < -0.39 is 281 Å². The van der Waals surface area contributed by atoms with Crippen LogP contribution in [0.5, 0.6) is 0 Å². The molecule has 0 saturated heterocycles. The molecule has 0 amide bonds. The van der Waals surface area contributed by atoms with Crippen LogP contribution in [0.3, 0.4) is 0 Å². The van der Waals surface area contributed by atoms with Crippen LogP contribution in [0.2, 0.25) is 70.3 Å². The molecule has 0 radical (unpaired) electrons. The Balaban J connectivity index is 1.02. The number of alkyl halides is 2. The Morgan fingerprint density at radius 2 is 0.517 bits per heavy atom. The van der Waals surface area contributed by atoms with E-state index in [4.69, 9.17) is 162 Å². The van der Waals surface area contributed by atoms with Crippen LogP contribution in [0.25, 0.3) is 97.8 Å². The van der Waals surface area contributed by atoms with Crippen LogP contribution >= 0.6 is 364 Å². The number of halogens is 34. The zero-order chi connectivity index (χ0) is 102. The summed E-state index contributed by atoms with van der Waals surface area (Å²) in [7, 11) is 0. The Morgan fingerprint density at radius 3 is 0.881 bits per heavy atom. The molecule has 0 nitrogen and oxygen atoms in total. The average Bonchev–Trinajstić information content (AvgIpc) is 0.659. The Labute approximate surface area is 959 Å². The second kappa shape index (κ2) is 40.8. The van der Waals surface area contributed by atoms with Gasteiger partial charge in [0.2, 0.25) is 10.0 Å². The lowest BCUT2D eigenvalue weighted by molar-refractivity contribution is 0.238. The van der Waals surface area contributed by atoms with E-state index in [0.717, 1.165) is 47.0 Å². The third kappa shape index (κ3) is 17.5. The van der Waals surface area contributed by atoms with Gasteiger partial charge in [-0.1, -0.05) is 449 Å². The van der Waals surface area contributed by atoms with Gasteiger partial charge in [-0.3, -0.25) is 0 Å². The van der Waals surface area contributed by atoms with Crippen LogP contribution in [0, 0.1) is 46.5 Å². The van der Waals surface area contributed by atoms with Crippen molar-refractivity contribution in [3.05, 3.63) is 372 Å². The molecule has 18 aromatic carbocycles. The van der Waals surface area contributed by atoms with Crippen molar-refractivity contribution in [2.75, 3.05) is 0 Å². The normalized spacial score (nSPS) is 17.2. The summed E-state index contributed by atoms with van der Waals surface area (Å²) < 4.78 is 274. The van der Waals surface area contributed by atoms with Crippen molar-refractivity contribution in [2.24, 2.45) is 0 Å². The van der Waals surface area contributed by atoms with Crippen LogP contribution in [0.4, 0.5) is 61.5 Å². The number of benzene rings is 18. The minimum atomic E-state index is -5.41. The minimum absolute atomic E-state index is 0.0383. The molecule has 0 heterocycles. The second-order valence-electron chi connectivity index (χ2n) is 31.4. The van der Waals surface area contributed by atoms with Gasteiger partial charge in [-0.15, -0.1) is 11.8 Å². The molecule has 18 aromatic rings. The highest BCUT2D eigenvalue weighted by atomic mass is 79.9. The standard InChI is InChI=1S/C100H32Br6Cl14F14S9/c101-37-23-25-41-33(27-37)7-1-15-51(41)137-91-55(135-53-17-5-9-43-45(53)11-3-13-49(43)105)29-35-19-21-39(103)31-47(35)89(91)139-97(133)95(131)81(123)61-63(83(125)87(129)85(127)79(61)121)99(97,141-93-59-57(67(109)75(117)77(93)119)65(107)71(113)73(115)69(59)111)143-100(142-94-60-58(68(110)76(118)78(94)120)66(108)72(114)74(116)70(60)112)64-62(80(122)86(128)88(130)84(64)126)82(124)96(132)98(100,134)140-90-48-32-40(104)22-20-36(48)30-56(136-54-18-6-10-44-46(54)12-4-14-50(44)106)92(90)138-52-16-2-8-34-28-38(102)24-26-42(34)52/h1-32H. The molecule has 4 atom stereocenters. The Hall–Kier alpha value is -3.37. The predicted octanol–water partition coefficient (Wildman–Crippen LogP) is 47.8. The molecule has 20 rings (SSSR count). The summed E-state index contributed by atoms with van der Waals surface area (Å²) in [5, 5.41) is -22.6. The maximum Gasteiger partial charge on any atom is 0.243 e. The third-order valence-corrected chi connectivity index (χ3v) is 47.0. The maximum atomic E-state index is 24.1. The van der Waals surface area contributed by atoms with Crippen LogP contribution < -0.4 is 0 Å². The molecular formula is C100H32Br6Cl14F14S9. The number of fused-ring (bicyclic) bond motifs is 10. The molecule has 0 bridgehead atoms.